The van der Waals surface area contributed by atoms with E-state index in [-0.39, 0.29) is 12.6 Å². The first-order valence-electron chi connectivity index (χ1n) is 5.54. The van der Waals surface area contributed by atoms with E-state index in [1.165, 1.54) is 0 Å². The highest BCUT2D eigenvalue weighted by atomic mass is 79.9. The lowest BCUT2D eigenvalue weighted by atomic mass is 10.2. The molecular formula is C12H13BrClN3O. The highest BCUT2D eigenvalue weighted by Crippen LogP contribution is 2.31. The first kappa shape index (κ1) is 13.5. The van der Waals surface area contributed by atoms with E-state index in [1.54, 1.807) is 0 Å². The largest absolute Gasteiger partial charge is 0.388 e. The van der Waals surface area contributed by atoms with Crippen molar-refractivity contribution in [1.29, 1.82) is 0 Å². The van der Waals surface area contributed by atoms with Crippen molar-refractivity contribution in [2.24, 2.45) is 0 Å². The summed E-state index contributed by atoms with van der Waals surface area (Å²) < 4.78 is 2.80. The first-order valence-corrected chi connectivity index (χ1v) is 6.71. The predicted octanol–water partition coefficient (Wildman–Crippen LogP) is 3.43. The fraction of sp³-hybridized carbons (Fsp3) is 0.333. The smallest absolute Gasteiger partial charge is 0.165 e. The van der Waals surface area contributed by atoms with E-state index in [4.69, 9.17) is 11.6 Å². The van der Waals surface area contributed by atoms with E-state index in [0.717, 1.165) is 10.0 Å². The SMILES string of the molecule is CC(C)n1c(CO)nnc1-c1ccc(Br)cc1Cl. The van der Waals surface area contributed by atoms with Crippen LogP contribution in [0.1, 0.15) is 25.7 Å². The van der Waals surface area contributed by atoms with Crippen LogP contribution in [-0.2, 0) is 6.61 Å². The number of rotatable bonds is 3. The van der Waals surface area contributed by atoms with Gasteiger partial charge in [-0.05, 0) is 32.0 Å². The zero-order valence-corrected chi connectivity index (χ0v) is 12.4. The quantitative estimate of drug-likeness (QED) is 0.938. The molecule has 0 aliphatic heterocycles. The van der Waals surface area contributed by atoms with E-state index in [2.05, 4.69) is 26.1 Å². The third-order valence-electron chi connectivity index (χ3n) is 2.60. The Morgan fingerprint density at radius 3 is 2.67 bits per heavy atom. The van der Waals surface area contributed by atoms with Gasteiger partial charge in [-0.3, -0.25) is 0 Å². The molecule has 1 aromatic carbocycles. The summed E-state index contributed by atoms with van der Waals surface area (Å²) in [7, 11) is 0. The molecule has 0 aliphatic carbocycles. The molecule has 0 unspecified atom stereocenters. The maximum absolute atomic E-state index is 9.28. The molecule has 18 heavy (non-hydrogen) atoms. The van der Waals surface area contributed by atoms with Crippen LogP contribution < -0.4 is 0 Å². The molecule has 1 N–H and O–H groups in total. The monoisotopic (exact) mass is 329 g/mol. The molecule has 0 fully saturated rings. The van der Waals surface area contributed by atoms with Gasteiger partial charge in [-0.2, -0.15) is 0 Å². The molecule has 96 valence electrons. The van der Waals surface area contributed by atoms with Crippen LogP contribution in [-0.4, -0.2) is 19.9 Å². The van der Waals surface area contributed by atoms with Crippen molar-refractivity contribution in [3.63, 3.8) is 0 Å². The predicted molar refractivity (Wildman–Crippen MR) is 74.5 cm³/mol. The molecule has 0 saturated heterocycles. The Balaban J connectivity index is 2.60. The normalized spacial score (nSPS) is 11.2. The van der Waals surface area contributed by atoms with Gasteiger partial charge in [0, 0.05) is 16.1 Å². The fourth-order valence-corrected chi connectivity index (χ4v) is 2.59. The Morgan fingerprint density at radius 1 is 1.39 bits per heavy atom. The Hall–Kier alpha value is -0.910. The highest BCUT2D eigenvalue weighted by Gasteiger charge is 2.17. The molecule has 6 heteroatoms. The van der Waals surface area contributed by atoms with Crippen molar-refractivity contribution in [1.82, 2.24) is 14.8 Å². The van der Waals surface area contributed by atoms with Crippen molar-refractivity contribution in [3.05, 3.63) is 33.5 Å². The minimum Gasteiger partial charge on any atom is -0.388 e. The van der Waals surface area contributed by atoms with E-state index in [1.807, 2.05) is 36.6 Å². The van der Waals surface area contributed by atoms with Crippen LogP contribution in [0, 0.1) is 0 Å². The van der Waals surface area contributed by atoms with Crippen molar-refractivity contribution < 1.29 is 5.11 Å². The van der Waals surface area contributed by atoms with Gasteiger partial charge in [0.25, 0.3) is 0 Å². The van der Waals surface area contributed by atoms with Crippen LogP contribution in [0.25, 0.3) is 11.4 Å². The molecule has 0 saturated carbocycles. The van der Waals surface area contributed by atoms with Gasteiger partial charge in [0.2, 0.25) is 0 Å². The topological polar surface area (TPSA) is 50.9 Å². The third kappa shape index (κ3) is 2.43. The second kappa shape index (κ2) is 5.38. The standard InChI is InChI=1S/C12H13BrClN3O/c1-7(2)17-11(6-18)15-16-12(17)9-4-3-8(13)5-10(9)14/h3-5,7,18H,6H2,1-2H3. The lowest BCUT2D eigenvalue weighted by molar-refractivity contribution is 0.262. The molecule has 0 atom stereocenters. The second-order valence-corrected chi connectivity index (χ2v) is 5.51. The maximum Gasteiger partial charge on any atom is 0.165 e. The van der Waals surface area contributed by atoms with Crippen LogP contribution >= 0.6 is 27.5 Å². The summed E-state index contributed by atoms with van der Waals surface area (Å²) in [6.07, 6.45) is 0. The summed E-state index contributed by atoms with van der Waals surface area (Å²) in [6, 6.07) is 5.75. The number of hydrogen-bond acceptors (Lipinski definition) is 3. The Bertz CT molecular complexity index is 568. The molecule has 1 aromatic heterocycles. The van der Waals surface area contributed by atoms with Crippen LogP contribution in [0.2, 0.25) is 5.02 Å². The maximum atomic E-state index is 9.28. The fourth-order valence-electron chi connectivity index (χ4n) is 1.83. The summed E-state index contributed by atoms with van der Waals surface area (Å²) in [5, 5.41) is 18.0. The van der Waals surface area contributed by atoms with Gasteiger partial charge in [0.15, 0.2) is 11.6 Å². The Labute approximate surface area is 119 Å². The minimum absolute atomic E-state index is 0.140. The van der Waals surface area contributed by atoms with Crippen LogP contribution in [0.5, 0.6) is 0 Å². The first-order chi connectivity index (χ1) is 8.54. The van der Waals surface area contributed by atoms with E-state index < -0.39 is 0 Å². The van der Waals surface area contributed by atoms with Gasteiger partial charge in [0.1, 0.15) is 6.61 Å². The molecular weight excluding hydrogens is 318 g/mol. The number of nitrogens with zero attached hydrogens (tertiary/aromatic N) is 3. The van der Waals surface area contributed by atoms with E-state index >= 15 is 0 Å². The van der Waals surface area contributed by atoms with Crippen LogP contribution in [0.15, 0.2) is 22.7 Å². The van der Waals surface area contributed by atoms with Gasteiger partial charge >= 0.3 is 0 Å². The molecule has 0 spiro atoms. The summed E-state index contributed by atoms with van der Waals surface area (Å²) in [5.41, 5.74) is 0.806. The third-order valence-corrected chi connectivity index (χ3v) is 3.40. The average Bonchev–Trinajstić information content (AvgIpc) is 2.72. The summed E-state index contributed by atoms with van der Waals surface area (Å²) in [6.45, 7) is 3.89. The lowest BCUT2D eigenvalue weighted by Crippen LogP contribution is -2.08. The van der Waals surface area contributed by atoms with Crippen LogP contribution in [0.4, 0.5) is 0 Å². The number of halogens is 2. The van der Waals surface area contributed by atoms with E-state index in [9.17, 15) is 5.11 Å². The lowest BCUT2D eigenvalue weighted by Gasteiger charge is -2.13. The van der Waals surface area contributed by atoms with Crippen molar-refractivity contribution >= 4 is 27.5 Å². The summed E-state index contributed by atoms with van der Waals surface area (Å²) in [4.78, 5) is 0. The Morgan fingerprint density at radius 2 is 2.11 bits per heavy atom. The molecule has 0 bridgehead atoms. The highest BCUT2D eigenvalue weighted by molar-refractivity contribution is 9.10. The van der Waals surface area contributed by atoms with Gasteiger partial charge in [-0.1, -0.05) is 27.5 Å². The van der Waals surface area contributed by atoms with Gasteiger partial charge < -0.3 is 9.67 Å². The van der Waals surface area contributed by atoms with Crippen molar-refractivity contribution in [2.75, 3.05) is 0 Å². The number of aliphatic hydroxyl groups is 1. The number of benzene rings is 1. The van der Waals surface area contributed by atoms with Gasteiger partial charge in [-0.25, -0.2) is 0 Å². The molecule has 0 radical (unpaired) electrons. The zero-order chi connectivity index (χ0) is 13.3. The summed E-state index contributed by atoms with van der Waals surface area (Å²) in [5.74, 6) is 1.21. The van der Waals surface area contributed by atoms with Crippen molar-refractivity contribution in [3.8, 4) is 11.4 Å². The molecule has 1 heterocycles. The number of aliphatic hydroxyl groups excluding tert-OH is 1. The molecule has 2 rings (SSSR count). The molecule has 4 nitrogen and oxygen atoms in total. The average molecular weight is 331 g/mol. The molecule has 0 amide bonds. The Kier molecular flexibility index (Phi) is 4.04. The summed E-state index contributed by atoms with van der Waals surface area (Å²) >= 11 is 9.59. The number of hydrogen-bond donors (Lipinski definition) is 1. The van der Waals surface area contributed by atoms with Crippen molar-refractivity contribution in [2.45, 2.75) is 26.5 Å². The van der Waals surface area contributed by atoms with Gasteiger partial charge in [-0.15, -0.1) is 10.2 Å². The zero-order valence-electron chi connectivity index (χ0n) is 10.1. The minimum atomic E-state index is -0.140. The second-order valence-electron chi connectivity index (χ2n) is 4.19. The van der Waals surface area contributed by atoms with Crippen LogP contribution in [0.3, 0.4) is 0 Å². The number of aromatic nitrogens is 3. The van der Waals surface area contributed by atoms with Gasteiger partial charge in [0.05, 0.1) is 5.02 Å². The van der Waals surface area contributed by atoms with E-state index in [0.29, 0.717) is 16.7 Å². The molecule has 0 aliphatic rings. The molecule has 2 aromatic rings.